The van der Waals surface area contributed by atoms with Crippen molar-refractivity contribution in [1.29, 1.82) is 0 Å². The molecule has 0 aliphatic carbocycles. The minimum absolute atomic E-state index is 0.0871. The first-order chi connectivity index (χ1) is 17.5. The maximum Gasteiger partial charge on any atom is 0.179 e. The predicted octanol–water partition coefficient (Wildman–Crippen LogP) is 3.39. The van der Waals surface area contributed by atoms with Crippen LogP contribution in [0.2, 0.25) is 5.02 Å². The van der Waals surface area contributed by atoms with Crippen molar-refractivity contribution in [1.82, 2.24) is 19.9 Å². The number of hydrogen-bond donors (Lipinski definition) is 1. The lowest BCUT2D eigenvalue weighted by Crippen LogP contribution is -2.50. The van der Waals surface area contributed by atoms with Crippen molar-refractivity contribution >= 4 is 46.2 Å². The molecule has 1 spiro atoms. The van der Waals surface area contributed by atoms with Crippen molar-refractivity contribution in [2.24, 2.45) is 11.1 Å². The Labute approximate surface area is 219 Å². The SMILES string of the molecule is C[C@@H]1OCC2(CCN(c3cnc4nc(Sc5ccnc(N6CCOCC6)c5Cl)ccc4n3)CC2)[C@@H]1N. The number of morpholine rings is 1. The molecule has 3 aliphatic rings. The maximum atomic E-state index is 6.74. The molecule has 0 bridgehead atoms. The highest BCUT2D eigenvalue weighted by molar-refractivity contribution is 7.99. The Balaban J connectivity index is 1.17. The summed E-state index contributed by atoms with van der Waals surface area (Å²) in [5, 5.41) is 1.45. The van der Waals surface area contributed by atoms with E-state index in [1.165, 1.54) is 11.8 Å². The molecule has 3 aromatic rings. The first-order valence-corrected chi connectivity index (χ1v) is 13.6. The van der Waals surface area contributed by atoms with Gasteiger partial charge in [0.1, 0.15) is 22.2 Å². The molecule has 0 unspecified atom stereocenters. The van der Waals surface area contributed by atoms with Gasteiger partial charge in [0, 0.05) is 48.7 Å². The summed E-state index contributed by atoms with van der Waals surface area (Å²) in [6.45, 7) is 7.56. The van der Waals surface area contributed by atoms with Crippen LogP contribution in [0.5, 0.6) is 0 Å². The van der Waals surface area contributed by atoms with Gasteiger partial charge in [-0.25, -0.2) is 19.9 Å². The summed E-state index contributed by atoms with van der Waals surface area (Å²) >= 11 is 8.24. The summed E-state index contributed by atoms with van der Waals surface area (Å²) < 4.78 is 11.3. The molecule has 6 rings (SSSR count). The lowest BCUT2D eigenvalue weighted by atomic mass is 9.73. The molecule has 11 heteroatoms. The number of ether oxygens (including phenoxy) is 2. The van der Waals surface area contributed by atoms with E-state index in [2.05, 4.69) is 26.7 Å². The molecule has 9 nitrogen and oxygen atoms in total. The number of anilines is 2. The highest BCUT2D eigenvalue weighted by atomic mass is 35.5. The first-order valence-electron chi connectivity index (χ1n) is 12.4. The van der Waals surface area contributed by atoms with Crippen molar-refractivity contribution in [3.05, 3.63) is 35.6 Å². The fourth-order valence-electron chi connectivity index (χ4n) is 5.34. The molecular formula is C25H30ClN7O2S. The molecule has 2 atom stereocenters. The topological polar surface area (TPSA) is 103 Å². The second kappa shape index (κ2) is 9.90. The summed E-state index contributed by atoms with van der Waals surface area (Å²) in [6.07, 6.45) is 5.75. The van der Waals surface area contributed by atoms with Crippen LogP contribution in [0.25, 0.3) is 11.2 Å². The fraction of sp³-hybridized carbons (Fsp3) is 0.520. The molecule has 0 radical (unpaired) electrons. The van der Waals surface area contributed by atoms with Gasteiger partial charge in [-0.05, 0) is 38.0 Å². The van der Waals surface area contributed by atoms with E-state index in [9.17, 15) is 0 Å². The van der Waals surface area contributed by atoms with Gasteiger partial charge < -0.3 is 25.0 Å². The lowest BCUT2D eigenvalue weighted by Gasteiger charge is -2.41. The third-order valence-electron chi connectivity index (χ3n) is 7.66. The van der Waals surface area contributed by atoms with Gasteiger partial charge in [0.05, 0.1) is 37.1 Å². The Morgan fingerprint density at radius 1 is 1.06 bits per heavy atom. The fourth-order valence-corrected chi connectivity index (χ4v) is 6.49. The Morgan fingerprint density at radius 3 is 2.61 bits per heavy atom. The molecular weight excluding hydrogens is 498 g/mol. The van der Waals surface area contributed by atoms with Crippen molar-refractivity contribution in [2.75, 3.05) is 55.8 Å². The Kier molecular flexibility index (Phi) is 6.64. The van der Waals surface area contributed by atoms with Crippen LogP contribution in [-0.2, 0) is 9.47 Å². The van der Waals surface area contributed by atoms with Crippen LogP contribution in [0.4, 0.5) is 11.6 Å². The Hall–Kier alpha value is -2.24. The van der Waals surface area contributed by atoms with Crippen LogP contribution in [0.1, 0.15) is 19.8 Å². The van der Waals surface area contributed by atoms with E-state index in [1.54, 1.807) is 6.20 Å². The van der Waals surface area contributed by atoms with Gasteiger partial charge in [-0.2, -0.15) is 0 Å². The second-order valence-electron chi connectivity index (χ2n) is 9.76. The van der Waals surface area contributed by atoms with Crippen LogP contribution < -0.4 is 15.5 Å². The average molecular weight is 528 g/mol. The normalized spacial score (nSPS) is 24.1. The van der Waals surface area contributed by atoms with Crippen LogP contribution >= 0.6 is 23.4 Å². The number of halogens is 1. The molecule has 3 aromatic heterocycles. The molecule has 2 N–H and O–H groups in total. The average Bonchev–Trinajstić information content (AvgIpc) is 3.19. The monoisotopic (exact) mass is 527 g/mol. The Morgan fingerprint density at radius 2 is 1.86 bits per heavy atom. The molecule has 6 heterocycles. The molecule has 0 saturated carbocycles. The van der Waals surface area contributed by atoms with Gasteiger partial charge in [0.2, 0.25) is 0 Å². The highest BCUT2D eigenvalue weighted by Gasteiger charge is 2.47. The van der Waals surface area contributed by atoms with Crippen LogP contribution in [0.3, 0.4) is 0 Å². The van der Waals surface area contributed by atoms with Crippen molar-refractivity contribution < 1.29 is 9.47 Å². The molecule has 190 valence electrons. The minimum atomic E-state index is 0.0871. The number of fused-ring (bicyclic) bond motifs is 1. The number of pyridine rings is 2. The van der Waals surface area contributed by atoms with Gasteiger partial charge in [0.25, 0.3) is 0 Å². The lowest BCUT2D eigenvalue weighted by molar-refractivity contribution is 0.0974. The number of nitrogens with two attached hydrogens (primary N) is 1. The van der Waals surface area contributed by atoms with Gasteiger partial charge in [0.15, 0.2) is 5.65 Å². The summed E-state index contributed by atoms with van der Waals surface area (Å²) in [4.78, 5) is 24.1. The smallest absolute Gasteiger partial charge is 0.179 e. The molecule has 3 aliphatic heterocycles. The third-order valence-corrected chi connectivity index (χ3v) is 9.14. The van der Waals surface area contributed by atoms with Crippen LogP contribution in [-0.4, -0.2) is 78.1 Å². The number of nitrogens with zero attached hydrogens (tertiary/aromatic N) is 6. The zero-order valence-electron chi connectivity index (χ0n) is 20.3. The highest BCUT2D eigenvalue weighted by Crippen LogP contribution is 2.42. The zero-order valence-corrected chi connectivity index (χ0v) is 21.8. The molecule has 3 saturated heterocycles. The second-order valence-corrected chi connectivity index (χ2v) is 11.2. The summed E-state index contributed by atoms with van der Waals surface area (Å²) in [6, 6.07) is 5.97. The Bertz CT molecular complexity index is 1250. The number of rotatable bonds is 4. The molecule has 36 heavy (non-hydrogen) atoms. The zero-order chi connectivity index (χ0) is 24.7. The van der Waals surface area contributed by atoms with Gasteiger partial charge in [-0.15, -0.1) is 0 Å². The van der Waals surface area contributed by atoms with E-state index in [-0.39, 0.29) is 17.6 Å². The first kappa shape index (κ1) is 24.1. The van der Waals surface area contributed by atoms with Crippen molar-refractivity contribution in [3.8, 4) is 0 Å². The summed E-state index contributed by atoms with van der Waals surface area (Å²) in [5.74, 6) is 1.67. The maximum absolute atomic E-state index is 6.74. The third kappa shape index (κ3) is 4.50. The molecule has 3 fully saturated rings. The predicted molar refractivity (Wildman–Crippen MR) is 141 cm³/mol. The van der Waals surface area contributed by atoms with E-state index in [1.807, 2.05) is 24.4 Å². The number of hydrogen-bond acceptors (Lipinski definition) is 10. The summed E-state index contributed by atoms with van der Waals surface area (Å²) in [5.41, 5.74) is 7.96. The number of aromatic nitrogens is 4. The van der Waals surface area contributed by atoms with E-state index in [0.717, 1.165) is 72.7 Å². The van der Waals surface area contributed by atoms with Gasteiger partial charge in [-0.1, -0.05) is 23.4 Å². The van der Waals surface area contributed by atoms with E-state index in [4.69, 9.17) is 36.8 Å². The van der Waals surface area contributed by atoms with Crippen LogP contribution in [0, 0.1) is 5.41 Å². The van der Waals surface area contributed by atoms with Gasteiger partial charge >= 0.3 is 0 Å². The number of piperidine rings is 1. The van der Waals surface area contributed by atoms with Crippen LogP contribution in [0.15, 0.2) is 40.5 Å². The standard InChI is InChI=1S/C25H30ClN7O2S/c1-16-22(27)25(15-35-16)5-8-32(9-6-25)19-14-29-23-17(30-19)2-3-20(31-23)36-18-4-7-28-24(21(18)26)33-10-12-34-13-11-33/h2-4,7,14,16,22H,5-6,8-13,15,27H2,1H3/t16-,22+/m0/s1. The van der Waals surface area contributed by atoms with E-state index < -0.39 is 0 Å². The van der Waals surface area contributed by atoms with Gasteiger partial charge in [-0.3, -0.25) is 0 Å². The molecule has 0 amide bonds. The molecule has 0 aromatic carbocycles. The largest absolute Gasteiger partial charge is 0.378 e. The quantitative estimate of drug-likeness (QED) is 0.543. The van der Waals surface area contributed by atoms with Crippen molar-refractivity contribution in [2.45, 2.75) is 41.8 Å². The van der Waals surface area contributed by atoms with E-state index in [0.29, 0.717) is 23.9 Å². The summed E-state index contributed by atoms with van der Waals surface area (Å²) in [7, 11) is 0. The minimum Gasteiger partial charge on any atom is -0.378 e. The van der Waals surface area contributed by atoms with Crippen molar-refractivity contribution in [3.63, 3.8) is 0 Å². The van der Waals surface area contributed by atoms with E-state index >= 15 is 0 Å².